The molecular weight excluding hydrogens is 845 g/mol. The van der Waals surface area contributed by atoms with E-state index in [1.54, 1.807) is 20.8 Å². The monoisotopic (exact) mass is 881 g/mol. The number of rotatable bonds is 11. The fourth-order valence-electron chi connectivity index (χ4n) is 5.39. The second kappa shape index (κ2) is 16.0. The quantitative estimate of drug-likeness (QED) is 0.130. The first kappa shape index (κ1) is 45.2. The zero-order chi connectivity index (χ0) is 43.2. The first-order valence-corrected chi connectivity index (χ1v) is 22.4. The minimum absolute atomic E-state index is 0.0388. The molecule has 2 heterocycles. The van der Waals surface area contributed by atoms with Gasteiger partial charge in [0, 0.05) is 23.4 Å². The van der Waals surface area contributed by atoms with Gasteiger partial charge in [0.15, 0.2) is 15.7 Å². The summed E-state index contributed by atoms with van der Waals surface area (Å²) in [6, 6.07) is 5.83. The summed E-state index contributed by atoms with van der Waals surface area (Å²) in [5, 5.41) is 5.22. The van der Waals surface area contributed by atoms with Crippen LogP contribution >= 0.6 is 11.6 Å². The Balaban J connectivity index is 2.21. The maximum absolute atomic E-state index is 15.6. The molecule has 57 heavy (non-hydrogen) atoms. The number of alkyl carbamates (subject to hydrolysis) is 1. The van der Waals surface area contributed by atoms with Gasteiger partial charge in [-0.1, -0.05) is 23.6 Å². The second-order valence-electron chi connectivity index (χ2n) is 14.4. The first-order chi connectivity index (χ1) is 25.9. The van der Waals surface area contributed by atoms with Crippen molar-refractivity contribution in [2.75, 3.05) is 22.5 Å². The van der Waals surface area contributed by atoms with Gasteiger partial charge in [0.1, 0.15) is 27.7 Å². The highest BCUT2D eigenvalue weighted by Crippen LogP contribution is 2.44. The fraction of sp³-hybridized carbons (Fsp3) is 0.400. The summed E-state index contributed by atoms with van der Waals surface area (Å²) < 4.78 is 153. The number of benzene rings is 2. The molecule has 1 N–H and O–H groups in total. The van der Waals surface area contributed by atoms with Crippen molar-refractivity contribution in [2.45, 2.75) is 70.2 Å². The van der Waals surface area contributed by atoms with Crippen molar-refractivity contribution >= 4 is 64.3 Å². The number of amides is 1. The molecule has 1 unspecified atom stereocenters. The Kier molecular flexibility index (Phi) is 12.7. The van der Waals surface area contributed by atoms with E-state index in [0.717, 1.165) is 24.5 Å². The molecule has 4 rings (SSSR count). The number of pyridine rings is 1. The number of alkyl halides is 3. The molecule has 22 heteroatoms. The van der Waals surface area contributed by atoms with Crippen LogP contribution in [0.2, 0.25) is 5.02 Å². The third-order valence-electron chi connectivity index (χ3n) is 8.02. The summed E-state index contributed by atoms with van der Waals surface area (Å²) in [4.78, 5) is 17.9. The zero-order valence-electron chi connectivity index (χ0n) is 31.5. The van der Waals surface area contributed by atoms with E-state index in [1.165, 1.54) is 32.0 Å². The smallest absolute Gasteiger partial charge is 0.408 e. The van der Waals surface area contributed by atoms with Crippen LogP contribution in [0.3, 0.4) is 0 Å². The van der Waals surface area contributed by atoms with Crippen LogP contribution in [-0.4, -0.2) is 81.7 Å². The molecule has 4 aromatic rings. The Morgan fingerprint density at radius 2 is 1.47 bits per heavy atom. The minimum Gasteiger partial charge on any atom is -0.444 e. The lowest BCUT2D eigenvalue weighted by Gasteiger charge is -2.25. The van der Waals surface area contributed by atoms with E-state index in [4.69, 9.17) is 16.3 Å². The van der Waals surface area contributed by atoms with E-state index < -0.39 is 105 Å². The number of carbonyl (C=O) groups excluding carboxylic acids is 1. The third-order valence-corrected chi connectivity index (χ3v) is 13.5. The number of ether oxygens (including phenoxy) is 1. The molecule has 0 saturated heterocycles. The van der Waals surface area contributed by atoms with Gasteiger partial charge in [0.2, 0.25) is 20.0 Å². The summed E-state index contributed by atoms with van der Waals surface area (Å²) in [6.45, 7) is 7.28. The van der Waals surface area contributed by atoms with Crippen LogP contribution in [0.25, 0.3) is 22.0 Å². The molecule has 1 amide bonds. The molecule has 0 fully saturated rings. The average Bonchev–Trinajstić information content (AvgIpc) is 3.40. The van der Waals surface area contributed by atoms with Crippen LogP contribution in [0.5, 0.6) is 0 Å². The number of hydrogen-bond donors (Lipinski definition) is 1. The predicted octanol–water partition coefficient (Wildman–Crippen LogP) is 6.47. The summed E-state index contributed by atoms with van der Waals surface area (Å²) in [6.07, 6.45) is -6.74. The highest BCUT2D eigenvalue weighted by atomic mass is 35.5. The van der Waals surface area contributed by atoms with Gasteiger partial charge in [0.05, 0.1) is 40.2 Å². The van der Waals surface area contributed by atoms with Crippen molar-refractivity contribution in [2.24, 2.45) is 0 Å². The van der Waals surface area contributed by atoms with Crippen LogP contribution in [0, 0.1) is 23.5 Å². The van der Waals surface area contributed by atoms with Gasteiger partial charge in [-0.3, -0.25) is 0 Å². The number of hydrogen-bond acceptors (Lipinski definition) is 10. The number of sulfone groups is 1. The fourth-order valence-corrected chi connectivity index (χ4v) is 8.71. The lowest BCUT2D eigenvalue weighted by molar-refractivity contribution is 0.00364. The molecule has 13 nitrogen and oxygen atoms in total. The number of carbonyl (C=O) groups is 1. The number of nitrogens with zero attached hydrogens (tertiary/aromatic N) is 4. The molecule has 0 aliphatic rings. The minimum atomic E-state index is -4.81. The SMILES string of the molecule is CC(C)(C)OC(=O)N[C@@H](Cc1cc(F)cc(F)c1)c1nc(C#CC(C)(C)S(C)(=O)=O)ccc1-c1ccc(Cl)c2c(N(S(C)(=O)=O)S(C)(=O)=O)nn(C(F)C(F)F)c12. The average molecular weight is 882 g/mol. The predicted molar refractivity (Wildman–Crippen MR) is 204 cm³/mol. The Hall–Kier alpha value is -4.52. The molecule has 0 aliphatic heterocycles. The number of sulfonamides is 2. The maximum atomic E-state index is 15.6. The Morgan fingerprint density at radius 3 is 1.98 bits per heavy atom. The molecule has 0 aliphatic carbocycles. The number of halogens is 6. The van der Waals surface area contributed by atoms with Crippen molar-refractivity contribution in [3.05, 3.63) is 76.1 Å². The lowest BCUT2D eigenvalue weighted by atomic mass is 9.93. The van der Waals surface area contributed by atoms with Crippen molar-refractivity contribution in [3.63, 3.8) is 0 Å². The van der Waals surface area contributed by atoms with Crippen LogP contribution in [0.1, 0.15) is 63.9 Å². The molecule has 0 saturated carbocycles. The highest BCUT2D eigenvalue weighted by molar-refractivity contribution is 8.09. The van der Waals surface area contributed by atoms with Gasteiger partial charge in [0.25, 0.3) is 12.7 Å². The summed E-state index contributed by atoms with van der Waals surface area (Å²) in [5.74, 6) is 2.21. The van der Waals surface area contributed by atoms with Gasteiger partial charge in [-0.25, -0.2) is 61.7 Å². The Bertz CT molecular complexity index is 2590. The second-order valence-corrected chi connectivity index (χ2v) is 21.2. The van der Waals surface area contributed by atoms with Gasteiger partial charge in [-0.05, 0) is 82.9 Å². The van der Waals surface area contributed by atoms with Crippen molar-refractivity contribution < 1.29 is 56.7 Å². The van der Waals surface area contributed by atoms with Gasteiger partial charge in [-0.15, -0.1) is 8.81 Å². The maximum Gasteiger partial charge on any atom is 0.408 e. The number of anilines is 1. The number of fused-ring (bicyclic) bond motifs is 1. The van der Waals surface area contributed by atoms with E-state index >= 15 is 4.39 Å². The standard InChI is InChI=1S/C35H37ClF5N5O8S3/c1-34(2,3)54-33(47)43-26(17-19-15-20(37)18-21(38)16-19)28-23(10-9-22(42-28)13-14-35(4,5)55(6,48)49)24-11-12-25(36)27-29(24)45(31(41)30(39)40)44-32(27)46(56(7,50)51)57(8,52)53/h9-12,15-16,18,26,30-31H,17H2,1-8H3,(H,43,47)/t26-,31?/m0/s1. The summed E-state index contributed by atoms with van der Waals surface area (Å²) in [5.41, 5.74) is -2.59. The van der Waals surface area contributed by atoms with Crippen molar-refractivity contribution in [1.82, 2.24) is 20.1 Å². The molecule has 2 aromatic heterocycles. The molecular formula is C35H37ClF5N5O8S3. The summed E-state index contributed by atoms with van der Waals surface area (Å²) in [7, 11) is -13.4. The summed E-state index contributed by atoms with van der Waals surface area (Å²) >= 11 is 6.47. The van der Waals surface area contributed by atoms with Crippen molar-refractivity contribution in [1.29, 1.82) is 0 Å². The Labute approximate surface area is 331 Å². The Morgan fingerprint density at radius 1 is 0.912 bits per heavy atom. The lowest BCUT2D eigenvalue weighted by Crippen LogP contribution is -2.36. The first-order valence-electron chi connectivity index (χ1n) is 16.4. The van der Waals surface area contributed by atoms with Gasteiger partial charge >= 0.3 is 6.09 Å². The van der Waals surface area contributed by atoms with E-state index in [0.29, 0.717) is 18.6 Å². The molecule has 310 valence electrons. The molecule has 0 radical (unpaired) electrons. The third kappa shape index (κ3) is 10.5. The molecule has 2 atom stereocenters. The number of nitrogens with one attached hydrogen (secondary N) is 1. The molecule has 0 bridgehead atoms. The van der Waals surface area contributed by atoms with Crippen molar-refractivity contribution in [3.8, 4) is 23.0 Å². The molecule has 0 spiro atoms. The molecule has 2 aromatic carbocycles. The van der Waals surface area contributed by atoms with Crippen LogP contribution in [-0.2, 0) is 41.0 Å². The highest BCUT2D eigenvalue weighted by Gasteiger charge is 2.37. The van der Waals surface area contributed by atoms with Crippen LogP contribution in [0.4, 0.5) is 32.6 Å². The largest absolute Gasteiger partial charge is 0.444 e. The van der Waals surface area contributed by atoms with E-state index in [2.05, 4.69) is 27.2 Å². The van der Waals surface area contributed by atoms with E-state index in [1.807, 2.05) is 0 Å². The number of aromatic nitrogens is 3. The normalized spacial score (nSPS) is 13.9. The van der Waals surface area contributed by atoms with Gasteiger partial charge < -0.3 is 10.1 Å². The van der Waals surface area contributed by atoms with Crippen LogP contribution < -0.4 is 9.03 Å². The van der Waals surface area contributed by atoms with E-state index in [9.17, 15) is 47.6 Å². The van der Waals surface area contributed by atoms with Crippen LogP contribution in [0.15, 0.2) is 42.5 Å². The van der Waals surface area contributed by atoms with Gasteiger partial charge in [-0.2, -0.15) is 0 Å². The zero-order valence-corrected chi connectivity index (χ0v) is 34.7. The topological polar surface area (TPSA) is 175 Å². The van der Waals surface area contributed by atoms with E-state index in [-0.39, 0.29) is 36.5 Å².